The van der Waals surface area contributed by atoms with E-state index in [0.29, 0.717) is 17.2 Å². The molecule has 0 aromatic carbocycles. The van der Waals surface area contributed by atoms with Gasteiger partial charge in [-0.05, 0) is 12.5 Å². The smallest absolute Gasteiger partial charge is 0.347 e. The average molecular weight is 393 g/mol. The minimum absolute atomic E-state index is 0.0467. The number of hydrogen-bond donors (Lipinski definition) is 0. The Bertz CT molecular complexity index is 1050. The molecule has 27 heavy (non-hydrogen) atoms. The number of nitrogens with zero attached hydrogens (tertiary/aromatic N) is 7. The molecule has 1 aliphatic heterocycles. The predicted molar refractivity (Wildman–Crippen MR) is 92.2 cm³/mol. The first-order chi connectivity index (χ1) is 12.9. The first-order valence-electron chi connectivity index (χ1n) is 8.35. The highest BCUT2D eigenvalue weighted by Crippen LogP contribution is 2.34. The van der Waals surface area contributed by atoms with E-state index in [1.54, 1.807) is 0 Å². The van der Waals surface area contributed by atoms with Crippen LogP contribution in [-0.4, -0.2) is 31.3 Å². The van der Waals surface area contributed by atoms with Crippen LogP contribution in [0, 0.1) is 11.3 Å². The van der Waals surface area contributed by atoms with Crippen LogP contribution in [0.25, 0.3) is 10.2 Å². The van der Waals surface area contributed by atoms with Gasteiger partial charge in [0.15, 0.2) is 5.82 Å². The van der Waals surface area contributed by atoms with Gasteiger partial charge in [-0.1, -0.05) is 13.3 Å². The van der Waals surface area contributed by atoms with E-state index in [-0.39, 0.29) is 24.7 Å². The molecule has 0 saturated heterocycles. The third kappa shape index (κ3) is 3.10. The van der Waals surface area contributed by atoms with Crippen molar-refractivity contribution in [3.05, 3.63) is 28.4 Å². The minimum atomic E-state index is -4.54. The Morgan fingerprint density at radius 1 is 1.26 bits per heavy atom. The van der Waals surface area contributed by atoms with Crippen molar-refractivity contribution in [1.29, 1.82) is 5.26 Å². The first-order valence-corrected chi connectivity index (χ1v) is 9.17. The molecule has 0 aliphatic carbocycles. The van der Waals surface area contributed by atoms with Crippen molar-refractivity contribution in [3.63, 3.8) is 0 Å². The molecule has 140 valence electrons. The molecule has 0 radical (unpaired) electrons. The molecular weight excluding hydrogens is 379 g/mol. The number of halogens is 3. The molecule has 0 saturated carbocycles. The lowest BCUT2D eigenvalue weighted by molar-refractivity contribution is -0.147. The molecule has 4 rings (SSSR count). The molecule has 0 atom stereocenters. The number of fused-ring (bicyclic) bond motifs is 2. The number of aromatic nitrogens is 5. The third-order valence-corrected chi connectivity index (χ3v) is 5.42. The maximum atomic E-state index is 13.0. The summed E-state index contributed by atoms with van der Waals surface area (Å²) in [6.07, 6.45) is -2.66. The topological polar surface area (TPSA) is 83.5 Å². The standard InChI is InChI=1S/C16H14F3N7S/c1-2-3-9-6-10-13(21-11(7-20)22-14(10)27-9)25-4-5-26-12(8-25)23-24-15(26)16(17,18)19/h6H,2-5,8H2,1H3. The van der Waals surface area contributed by atoms with Crippen molar-refractivity contribution < 1.29 is 13.2 Å². The van der Waals surface area contributed by atoms with Crippen LogP contribution in [0.15, 0.2) is 6.07 Å². The van der Waals surface area contributed by atoms with Gasteiger partial charge in [0, 0.05) is 18.0 Å². The lowest BCUT2D eigenvalue weighted by Crippen LogP contribution is -2.36. The van der Waals surface area contributed by atoms with Gasteiger partial charge in [0.05, 0.1) is 11.9 Å². The van der Waals surface area contributed by atoms with Crippen molar-refractivity contribution in [1.82, 2.24) is 24.7 Å². The third-order valence-electron chi connectivity index (χ3n) is 4.33. The maximum Gasteiger partial charge on any atom is 0.451 e. The molecule has 0 spiro atoms. The van der Waals surface area contributed by atoms with Crippen LogP contribution in [0.1, 0.15) is 35.7 Å². The zero-order valence-electron chi connectivity index (χ0n) is 14.3. The quantitative estimate of drug-likeness (QED) is 0.680. The van der Waals surface area contributed by atoms with E-state index in [1.807, 2.05) is 17.0 Å². The van der Waals surface area contributed by atoms with Gasteiger partial charge in [-0.25, -0.2) is 9.97 Å². The van der Waals surface area contributed by atoms with Gasteiger partial charge in [-0.15, -0.1) is 21.5 Å². The summed E-state index contributed by atoms with van der Waals surface area (Å²) in [6.45, 7) is 2.62. The second kappa shape index (κ2) is 6.45. The van der Waals surface area contributed by atoms with Gasteiger partial charge >= 0.3 is 6.18 Å². The van der Waals surface area contributed by atoms with Crippen LogP contribution < -0.4 is 4.90 Å². The van der Waals surface area contributed by atoms with Crippen LogP contribution in [0.5, 0.6) is 0 Å². The number of nitriles is 1. The van der Waals surface area contributed by atoms with Gasteiger partial charge in [0.2, 0.25) is 11.6 Å². The Balaban J connectivity index is 1.75. The molecule has 3 aromatic heterocycles. The van der Waals surface area contributed by atoms with Gasteiger partial charge < -0.3 is 9.47 Å². The monoisotopic (exact) mass is 393 g/mol. The Kier molecular flexibility index (Phi) is 4.22. The molecule has 0 amide bonds. The molecule has 3 aromatic rings. The summed E-state index contributed by atoms with van der Waals surface area (Å²) in [5.74, 6) is -0.158. The summed E-state index contributed by atoms with van der Waals surface area (Å²) in [5.41, 5.74) is 0. The van der Waals surface area contributed by atoms with E-state index >= 15 is 0 Å². The Morgan fingerprint density at radius 2 is 2.07 bits per heavy atom. The van der Waals surface area contributed by atoms with Crippen molar-refractivity contribution in [2.24, 2.45) is 0 Å². The van der Waals surface area contributed by atoms with E-state index < -0.39 is 12.0 Å². The first kappa shape index (κ1) is 17.7. The van der Waals surface area contributed by atoms with Gasteiger partial charge in [-0.3, -0.25) is 0 Å². The summed E-state index contributed by atoms with van der Waals surface area (Å²) < 4.78 is 40.2. The second-order valence-electron chi connectivity index (χ2n) is 6.17. The van der Waals surface area contributed by atoms with Gasteiger partial charge in [-0.2, -0.15) is 18.4 Å². The summed E-state index contributed by atoms with van der Waals surface area (Å²) >= 11 is 1.51. The molecule has 0 N–H and O–H groups in total. The van der Waals surface area contributed by atoms with Crippen LogP contribution in [0.2, 0.25) is 0 Å². The molecule has 7 nitrogen and oxygen atoms in total. The summed E-state index contributed by atoms with van der Waals surface area (Å²) in [4.78, 5) is 12.3. The predicted octanol–water partition coefficient (Wildman–Crippen LogP) is 3.15. The summed E-state index contributed by atoms with van der Waals surface area (Å²) in [5, 5.41) is 17.1. The van der Waals surface area contributed by atoms with E-state index in [2.05, 4.69) is 27.1 Å². The lowest BCUT2D eigenvalue weighted by atomic mass is 10.2. The number of alkyl halides is 3. The van der Waals surface area contributed by atoms with Crippen LogP contribution >= 0.6 is 11.3 Å². The number of thiophene rings is 1. The fourth-order valence-electron chi connectivity index (χ4n) is 3.17. The highest BCUT2D eigenvalue weighted by molar-refractivity contribution is 7.18. The zero-order valence-corrected chi connectivity index (χ0v) is 15.1. The van der Waals surface area contributed by atoms with E-state index in [0.717, 1.165) is 27.7 Å². The second-order valence-corrected chi connectivity index (χ2v) is 7.29. The zero-order chi connectivity index (χ0) is 19.2. The SMILES string of the molecule is CCCc1cc2c(N3CCn4c(nnc4C(F)(F)F)C3)nc(C#N)nc2s1. The number of aryl methyl sites for hydroxylation is 1. The van der Waals surface area contributed by atoms with Crippen LogP contribution in [-0.2, 0) is 25.7 Å². The Morgan fingerprint density at radius 3 is 2.78 bits per heavy atom. The average Bonchev–Trinajstić information content (AvgIpc) is 3.23. The van der Waals surface area contributed by atoms with Crippen LogP contribution in [0.4, 0.5) is 19.0 Å². The van der Waals surface area contributed by atoms with Gasteiger partial charge in [0.25, 0.3) is 0 Å². The van der Waals surface area contributed by atoms with Crippen molar-refractivity contribution in [3.8, 4) is 6.07 Å². The van der Waals surface area contributed by atoms with Crippen molar-refractivity contribution >= 4 is 27.4 Å². The Hall–Kier alpha value is -2.74. The lowest BCUT2D eigenvalue weighted by Gasteiger charge is -2.29. The maximum absolute atomic E-state index is 13.0. The van der Waals surface area contributed by atoms with Crippen LogP contribution in [0.3, 0.4) is 0 Å². The molecular formula is C16H14F3N7S. The van der Waals surface area contributed by atoms with Crippen molar-refractivity contribution in [2.75, 3.05) is 11.4 Å². The highest BCUT2D eigenvalue weighted by Gasteiger charge is 2.39. The summed E-state index contributed by atoms with van der Waals surface area (Å²) in [6, 6.07) is 3.96. The number of rotatable bonds is 3. The largest absolute Gasteiger partial charge is 0.451 e. The molecule has 0 unspecified atom stereocenters. The van der Waals surface area contributed by atoms with E-state index in [1.165, 1.54) is 11.3 Å². The van der Waals surface area contributed by atoms with Gasteiger partial charge in [0.1, 0.15) is 16.7 Å². The normalized spacial score (nSPS) is 14.4. The van der Waals surface area contributed by atoms with E-state index in [4.69, 9.17) is 0 Å². The molecule has 1 aliphatic rings. The summed E-state index contributed by atoms with van der Waals surface area (Å²) in [7, 11) is 0. The van der Waals surface area contributed by atoms with E-state index in [9.17, 15) is 18.4 Å². The van der Waals surface area contributed by atoms with Crippen molar-refractivity contribution in [2.45, 2.75) is 39.0 Å². The molecule has 11 heteroatoms. The molecule has 0 fully saturated rings. The fraction of sp³-hybridized carbons (Fsp3) is 0.438. The highest BCUT2D eigenvalue weighted by atomic mass is 32.1. The molecule has 4 heterocycles. The number of hydrogen-bond acceptors (Lipinski definition) is 7. The number of anilines is 1. The minimum Gasteiger partial charge on any atom is -0.347 e. The Labute approximate surface area is 156 Å². The fourth-order valence-corrected chi connectivity index (χ4v) is 4.29. The molecule has 0 bridgehead atoms.